The molecule has 0 aliphatic carbocycles. The van der Waals surface area contributed by atoms with E-state index in [2.05, 4.69) is 125 Å². The van der Waals surface area contributed by atoms with Gasteiger partial charge in [-0.2, -0.15) is 0 Å². The van der Waals surface area contributed by atoms with Gasteiger partial charge in [-0.15, -0.1) is 0 Å². The molecule has 0 atom stereocenters. The zero-order valence-corrected chi connectivity index (χ0v) is 24.4. The van der Waals surface area contributed by atoms with Crippen LogP contribution in [0.5, 0.6) is 0 Å². The van der Waals surface area contributed by atoms with E-state index >= 15 is 0 Å². The van der Waals surface area contributed by atoms with Crippen molar-refractivity contribution in [3.05, 3.63) is 0 Å². The van der Waals surface area contributed by atoms with Gasteiger partial charge >= 0.3 is 0 Å². The molecule has 0 nitrogen and oxygen atoms in total. The maximum atomic E-state index is 2.12. The van der Waals surface area contributed by atoms with Crippen molar-refractivity contribution in [2.24, 2.45) is 0 Å². The molecule has 42 heavy (non-hydrogen) atoms. The minimum absolute atomic E-state index is 0. The smallest absolute Gasteiger partial charge is 0.0590 e. The summed E-state index contributed by atoms with van der Waals surface area (Å²) < 4.78 is 0. The molecule has 0 bridgehead atoms. The molecule has 0 N–H and O–H groups in total. The van der Waals surface area contributed by atoms with E-state index < -0.39 is 0 Å². The summed E-state index contributed by atoms with van der Waals surface area (Å²) in [6, 6.07) is 0. The van der Waals surface area contributed by atoms with Gasteiger partial charge in [0.25, 0.3) is 0 Å². The molecule has 0 spiro atoms. The first-order valence-electron chi connectivity index (χ1n) is 12.7. The summed E-state index contributed by atoms with van der Waals surface area (Å²) in [7, 11) is 0. The average molecular weight is 638 g/mol. The lowest BCUT2D eigenvalue weighted by Gasteiger charge is -1.48. The van der Waals surface area contributed by atoms with Crippen molar-refractivity contribution in [2.75, 3.05) is 0 Å². The van der Waals surface area contributed by atoms with Gasteiger partial charge in [0.15, 0.2) is 0 Å². The van der Waals surface area contributed by atoms with Gasteiger partial charge in [-0.05, 0) is 0 Å². The Bertz CT molecular complexity index is 28.5. The molecule has 0 radical (unpaired) electrons. The molecule has 0 aliphatic rings. The standard InChI is InChI=1S/9C3H8.15CH4/c9*1-3-2;;;;;;;;;;;;;;;/h9*3H2,1-2H3;15*1H4. The van der Waals surface area contributed by atoms with Crippen molar-refractivity contribution in [2.45, 2.75) is 294 Å². The van der Waals surface area contributed by atoms with Gasteiger partial charge in [0.05, 0.1) is 0 Å². The summed E-state index contributed by atoms with van der Waals surface area (Å²) in [5.74, 6) is 0. The number of hydrogen-bond acceptors (Lipinski definition) is 0. The first-order valence-corrected chi connectivity index (χ1v) is 12.7. The van der Waals surface area contributed by atoms with Crippen LogP contribution in [-0.2, 0) is 0 Å². The van der Waals surface area contributed by atoms with Crippen LogP contribution in [0.1, 0.15) is 294 Å². The topological polar surface area (TPSA) is 0 Å². The predicted molar refractivity (Wildman–Crippen MR) is 245 cm³/mol. The maximum Gasteiger partial charge on any atom is -0.0590 e. The molecule has 0 aromatic heterocycles. The molecule has 0 amide bonds. The quantitative estimate of drug-likeness (QED) is 0.248. The van der Waals surface area contributed by atoms with Gasteiger partial charge in [-0.25, -0.2) is 0 Å². The van der Waals surface area contributed by atoms with Crippen molar-refractivity contribution in [3.63, 3.8) is 0 Å². The van der Waals surface area contributed by atoms with Crippen LogP contribution >= 0.6 is 0 Å². The van der Waals surface area contributed by atoms with Gasteiger partial charge < -0.3 is 0 Å². The molecule has 300 valence electrons. The second-order valence-corrected chi connectivity index (χ2v) is 6.36. The van der Waals surface area contributed by atoms with E-state index in [0.29, 0.717) is 0 Å². The third kappa shape index (κ3) is 0. The highest BCUT2D eigenvalue weighted by Gasteiger charge is 1.38. The molecular formula is C42H132. The highest BCUT2D eigenvalue weighted by atomic mass is 13.4. The average Bonchev–Trinajstić information content (AvgIpc) is 2.53. The lowest BCUT2D eigenvalue weighted by Crippen LogP contribution is -1.27. The van der Waals surface area contributed by atoms with Crippen molar-refractivity contribution >= 4 is 0 Å². The Hall–Kier alpha value is 0. The first kappa shape index (κ1) is 218. The third-order valence-corrected chi connectivity index (χ3v) is 0. The third-order valence-electron chi connectivity index (χ3n) is 0. The fraction of sp³-hybridized carbons (Fsp3) is 1.00. The van der Waals surface area contributed by atoms with Gasteiger partial charge in [-0.1, -0.05) is 294 Å². The van der Waals surface area contributed by atoms with E-state index in [1.807, 2.05) is 0 Å². The Morgan fingerprint density at radius 3 is 0.119 bits per heavy atom. The van der Waals surface area contributed by atoms with E-state index in [-0.39, 0.29) is 111 Å². The Kier molecular flexibility index (Phi) is 4200. The van der Waals surface area contributed by atoms with Crippen molar-refractivity contribution in [1.29, 1.82) is 0 Å². The minimum atomic E-state index is 0. The fourth-order valence-corrected chi connectivity index (χ4v) is 0. The monoisotopic (exact) mass is 637 g/mol. The lowest BCUT2D eigenvalue weighted by molar-refractivity contribution is 1.09. The summed E-state index contributed by atoms with van der Waals surface area (Å²) in [6.45, 7) is 38.2. The maximum absolute atomic E-state index is 2.12. The van der Waals surface area contributed by atoms with Crippen LogP contribution in [0.3, 0.4) is 0 Å². The van der Waals surface area contributed by atoms with Crippen LogP contribution in [0, 0.1) is 0 Å². The lowest BCUT2D eigenvalue weighted by atomic mass is 10.6. The van der Waals surface area contributed by atoms with E-state index in [9.17, 15) is 0 Å². The molecule has 0 aromatic carbocycles. The molecule has 0 heteroatoms. The van der Waals surface area contributed by atoms with Crippen LogP contribution in [0.25, 0.3) is 0 Å². The van der Waals surface area contributed by atoms with E-state index in [1.54, 1.807) is 0 Å². The molecular weight excluding hydrogens is 504 g/mol. The van der Waals surface area contributed by atoms with Crippen LogP contribution in [0.4, 0.5) is 0 Å². The largest absolute Gasteiger partial charge is 0.0776 e. The van der Waals surface area contributed by atoms with E-state index in [4.69, 9.17) is 0 Å². The van der Waals surface area contributed by atoms with Gasteiger partial charge in [-0.3, -0.25) is 0 Å². The van der Waals surface area contributed by atoms with E-state index in [0.717, 1.165) is 0 Å². The Labute approximate surface area is 293 Å². The zero-order chi connectivity index (χ0) is 24.4. The second kappa shape index (κ2) is 810. The highest BCUT2D eigenvalue weighted by molar-refractivity contribution is 3.94. The summed E-state index contributed by atoms with van der Waals surface area (Å²) in [6.07, 6.45) is 11.2. The normalized spacial score (nSPS) is 3.86. The Balaban J connectivity index is -0.00000000378. The number of hydrogen-bond donors (Lipinski definition) is 0. The molecule has 0 saturated carbocycles. The summed E-state index contributed by atoms with van der Waals surface area (Å²) in [5, 5.41) is 0. The molecule has 0 saturated heterocycles. The van der Waals surface area contributed by atoms with Crippen molar-refractivity contribution in [1.82, 2.24) is 0 Å². The molecule has 0 rings (SSSR count). The second-order valence-electron chi connectivity index (χ2n) is 6.36. The first-order chi connectivity index (χ1) is 12.7. The summed E-state index contributed by atoms with van der Waals surface area (Å²) in [5.41, 5.74) is 0. The van der Waals surface area contributed by atoms with Crippen LogP contribution < -0.4 is 0 Å². The molecule has 0 aliphatic heterocycles. The summed E-state index contributed by atoms with van der Waals surface area (Å²) in [4.78, 5) is 0. The number of rotatable bonds is 0. The van der Waals surface area contributed by atoms with Gasteiger partial charge in [0.2, 0.25) is 0 Å². The summed E-state index contributed by atoms with van der Waals surface area (Å²) >= 11 is 0. The van der Waals surface area contributed by atoms with Crippen molar-refractivity contribution < 1.29 is 0 Å². The van der Waals surface area contributed by atoms with Crippen LogP contribution in [0.15, 0.2) is 0 Å². The molecule has 0 heterocycles. The Morgan fingerprint density at radius 1 is 0.119 bits per heavy atom. The van der Waals surface area contributed by atoms with Gasteiger partial charge in [0.1, 0.15) is 0 Å². The zero-order valence-electron chi connectivity index (χ0n) is 24.4. The van der Waals surface area contributed by atoms with Crippen LogP contribution in [0.2, 0.25) is 0 Å². The molecule has 0 fully saturated rings. The predicted octanol–water partition coefficient (Wildman–Crippen LogP) is 22.3. The van der Waals surface area contributed by atoms with Crippen LogP contribution in [-0.4, -0.2) is 0 Å². The fourth-order valence-electron chi connectivity index (χ4n) is 0. The van der Waals surface area contributed by atoms with E-state index in [1.165, 1.54) is 57.8 Å². The highest BCUT2D eigenvalue weighted by Crippen LogP contribution is 1.58. The SMILES string of the molecule is C.C.C.C.C.C.C.C.C.C.C.C.C.C.C.CCC.CCC.CCC.CCC.CCC.CCC.CCC.CCC.CCC. The Morgan fingerprint density at radius 2 is 0.119 bits per heavy atom. The van der Waals surface area contributed by atoms with Gasteiger partial charge in [0, 0.05) is 0 Å². The minimum Gasteiger partial charge on any atom is -0.0776 e. The molecule has 0 aromatic rings. The van der Waals surface area contributed by atoms with Crippen molar-refractivity contribution in [3.8, 4) is 0 Å². The molecule has 0 unspecified atom stereocenters.